The highest BCUT2D eigenvalue weighted by Gasteiger charge is 2.35. The molecule has 8 nitrogen and oxygen atoms in total. The molecule has 0 heterocycles. The van der Waals surface area contributed by atoms with E-state index in [0.717, 1.165) is 12.8 Å². The summed E-state index contributed by atoms with van der Waals surface area (Å²) in [6, 6.07) is 11.1. The number of hydrogen-bond acceptors (Lipinski definition) is 6. The van der Waals surface area contributed by atoms with Crippen molar-refractivity contribution in [3.63, 3.8) is 0 Å². The molecule has 2 aromatic carbocycles. The quantitative estimate of drug-likeness (QED) is 0.121. The summed E-state index contributed by atoms with van der Waals surface area (Å²) in [4.78, 5) is 24.8. The van der Waals surface area contributed by atoms with Crippen LogP contribution < -0.4 is 25.4 Å². The number of amides is 1. The van der Waals surface area contributed by atoms with Crippen LogP contribution in [0.5, 0.6) is 11.5 Å². The molecule has 0 bridgehead atoms. The Morgan fingerprint density at radius 2 is 1.60 bits per heavy atom. The lowest BCUT2D eigenvalue weighted by Gasteiger charge is -2.28. The molecule has 12 heteroatoms. The predicted molar refractivity (Wildman–Crippen MR) is 142 cm³/mol. The Kier molecular flexibility index (Phi) is 11.2. The highest BCUT2D eigenvalue weighted by Crippen LogP contribution is 2.30. The molecule has 0 aliphatic rings. The van der Waals surface area contributed by atoms with E-state index in [1.807, 2.05) is 6.92 Å². The molecule has 0 aromatic heterocycles. The summed E-state index contributed by atoms with van der Waals surface area (Å²) in [7, 11) is 2.94. The maximum absolute atomic E-state index is 12.8. The highest BCUT2D eigenvalue weighted by atomic mass is 35.6. The Morgan fingerprint density at radius 1 is 0.971 bits per heavy atom. The van der Waals surface area contributed by atoms with Crippen LogP contribution in [0.1, 0.15) is 40.5 Å². The number of carbonyl (C=O) groups excluding carboxylic acids is 2. The van der Waals surface area contributed by atoms with E-state index in [2.05, 4.69) is 16.0 Å². The van der Waals surface area contributed by atoms with Gasteiger partial charge in [0.15, 0.2) is 16.6 Å². The van der Waals surface area contributed by atoms with Crippen molar-refractivity contribution in [2.75, 3.05) is 26.1 Å². The Morgan fingerprint density at radius 3 is 2.17 bits per heavy atom. The summed E-state index contributed by atoms with van der Waals surface area (Å²) < 4.78 is 13.6. The first-order valence-corrected chi connectivity index (χ1v) is 12.1. The molecule has 0 radical (unpaired) electrons. The maximum atomic E-state index is 12.8. The smallest absolute Gasteiger partial charge is 0.338 e. The van der Waals surface area contributed by atoms with Crippen LogP contribution in [0, 0.1) is 0 Å². The van der Waals surface area contributed by atoms with Gasteiger partial charge >= 0.3 is 5.97 Å². The van der Waals surface area contributed by atoms with Crippen LogP contribution in [0.2, 0.25) is 0 Å². The second-order valence-electron chi connectivity index (χ2n) is 7.18. The topological polar surface area (TPSA) is 97.9 Å². The molecule has 190 valence electrons. The second kappa shape index (κ2) is 13.6. The molecular formula is C23H26Cl3N3O5S. The van der Waals surface area contributed by atoms with Crippen molar-refractivity contribution < 1.29 is 23.8 Å². The van der Waals surface area contributed by atoms with Crippen LogP contribution in [0.4, 0.5) is 5.69 Å². The Hall–Kier alpha value is -2.46. The molecule has 0 spiro atoms. The monoisotopic (exact) mass is 561 g/mol. The standard InChI is InChI=1S/C23H26Cl3N3O5S/c1-4-5-12-34-20(31)14-6-9-16(10-7-14)27-22(35)29-21(23(24,25)26)28-19(30)15-8-11-17(32-2)18(13-15)33-3/h6-11,13,21H,4-5,12H2,1-3H3,(H,28,30)(H2,27,29,35). The Bertz CT molecular complexity index is 1030. The van der Waals surface area contributed by atoms with E-state index in [4.69, 9.17) is 61.2 Å². The second-order valence-corrected chi connectivity index (χ2v) is 9.96. The number of thiocarbonyl (C=S) groups is 1. The van der Waals surface area contributed by atoms with E-state index in [0.29, 0.717) is 29.4 Å². The van der Waals surface area contributed by atoms with Crippen molar-refractivity contribution >= 4 is 69.7 Å². The number of rotatable bonds is 10. The number of nitrogens with one attached hydrogen (secondary N) is 3. The minimum Gasteiger partial charge on any atom is -0.493 e. The minimum atomic E-state index is -1.94. The first-order chi connectivity index (χ1) is 16.6. The predicted octanol–water partition coefficient (Wildman–Crippen LogP) is 5.07. The first-order valence-electron chi connectivity index (χ1n) is 10.5. The van der Waals surface area contributed by atoms with Gasteiger partial charge in [-0.25, -0.2) is 4.79 Å². The summed E-state index contributed by atoms with van der Waals surface area (Å²) >= 11 is 23.5. The molecule has 0 fully saturated rings. The number of hydrogen-bond donors (Lipinski definition) is 3. The van der Waals surface area contributed by atoms with Crippen LogP contribution in [0.3, 0.4) is 0 Å². The van der Waals surface area contributed by atoms with Gasteiger partial charge in [-0.15, -0.1) is 0 Å². The summed E-state index contributed by atoms with van der Waals surface area (Å²) in [5.41, 5.74) is 1.23. The largest absolute Gasteiger partial charge is 0.493 e. The lowest BCUT2D eigenvalue weighted by atomic mass is 10.2. The third-order valence-electron chi connectivity index (χ3n) is 4.63. The third-order valence-corrected chi connectivity index (χ3v) is 5.51. The Labute approximate surface area is 224 Å². The van der Waals surface area contributed by atoms with E-state index >= 15 is 0 Å². The molecule has 2 rings (SSSR count). The number of carbonyl (C=O) groups is 2. The van der Waals surface area contributed by atoms with E-state index in [1.165, 1.54) is 26.4 Å². The van der Waals surface area contributed by atoms with E-state index < -0.39 is 21.8 Å². The maximum Gasteiger partial charge on any atom is 0.338 e. The van der Waals surface area contributed by atoms with Crippen LogP contribution in [0.25, 0.3) is 0 Å². The van der Waals surface area contributed by atoms with Gasteiger partial charge in [0.1, 0.15) is 6.17 Å². The van der Waals surface area contributed by atoms with Gasteiger partial charge in [-0.3, -0.25) is 4.79 Å². The Balaban J connectivity index is 2.03. The van der Waals surface area contributed by atoms with Crippen LogP contribution >= 0.6 is 47.0 Å². The molecule has 35 heavy (non-hydrogen) atoms. The normalized spacial score (nSPS) is 11.7. The number of anilines is 1. The number of esters is 1. The SMILES string of the molecule is CCCCOC(=O)c1ccc(NC(=S)NC(NC(=O)c2ccc(OC)c(OC)c2)C(Cl)(Cl)Cl)cc1. The van der Waals surface area contributed by atoms with Gasteiger partial charge in [0, 0.05) is 11.3 Å². The summed E-state index contributed by atoms with van der Waals surface area (Å²) in [5, 5.41) is 8.36. The molecule has 0 saturated heterocycles. The average Bonchev–Trinajstić information content (AvgIpc) is 2.83. The van der Waals surface area contributed by atoms with Crippen LogP contribution in [-0.4, -0.2) is 47.8 Å². The minimum absolute atomic E-state index is 0.0761. The van der Waals surface area contributed by atoms with Gasteiger partial charge in [-0.2, -0.15) is 0 Å². The van der Waals surface area contributed by atoms with E-state index in [-0.39, 0.29) is 10.7 Å². The van der Waals surface area contributed by atoms with Gasteiger partial charge in [0.05, 0.1) is 26.4 Å². The van der Waals surface area contributed by atoms with Gasteiger partial charge in [0.25, 0.3) is 5.91 Å². The summed E-state index contributed by atoms with van der Waals surface area (Å²) in [6.45, 7) is 2.39. The zero-order valence-electron chi connectivity index (χ0n) is 19.3. The lowest BCUT2D eigenvalue weighted by Crippen LogP contribution is -2.56. The van der Waals surface area contributed by atoms with Gasteiger partial charge in [-0.1, -0.05) is 48.1 Å². The fourth-order valence-electron chi connectivity index (χ4n) is 2.77. The van der Waals surface area contributed by atoms with Crippen LogP contribution in [0.15, 0.2) is 42.5 Å². The van der Waals surface area contributed by atoms with Crippen molar-refractivity contribution in [3.05, 3.63) is 53.6 Å². The van der Waals surface area contributed by atoms with E-state index in [9.17, 15) is 9.59 Å². The van der Waals surface area contributed by atoms with Gasteiger partial charge < -0.3 is 30.2 Å². The van der Waals surface area contributed by atoms with Crippen molar-refractivity contribution in [3.8, 4) is 11.5 Å². The van der Waals surface area contributed by atoms with Crippen molar-refractivity contribution in [1.82, 2.24) is 10.6 Å². The molecule has 1 atom stereocenters. The number of halogens is 3. The fourth-order valence-corrected chi connectivity index (χ4v) is 3.34. The third kappa shape index (κ3) is 8.92. The fraction of sp³-hybridized carbons (Fsp3) is 0.348. The van der Waals surface area contributed by atoms with Gasteiger partial charge in [-0.05, 0) is 61.1 Å². The molecule has 1 unspecified atom stereocenters. The number of benzene rings is 2. The number of methoxy groups -OCH3 is 2. The number of unbranched alkanes of at least 4 members (excludes halogenated alkanes) is 1. The highest BCUT2D eigenvalue weighted by molar-refractivity contribution is 7.80. The molecule has 1 amide bonds. The average molecular weight is 563 g/mol. The zero-order chi connectivity index (χ0) is 26.0. The van der Waals surface area contributed by atoms with E-state index in [1.54, 1.807) is 30.3 Å². The van der Waals surface area contributed by atoms with Crippen molar-refractivity contribution in [2.24, 2.45) is 0 Å². The van der Waals surface area contributed by atoms with Gasteiger partial charge in [0.2, 0.25) is 3.79 Å². The first kappa shape index (κ1) is 28.8. The number of alkyl halides is 3. The molecule has 2 aromatic rings. The number of ether oxygens (including phenoxy) is 3. The molecular weight excluding hydrogens is 537 g/mol. The van der Waals surface area contributed by atoms with Crippen LogP contribution in [-0.2, 0) is 4.74 Å². The molecule has 0 aliphatic heterocycles. The molecule has 0 aliphatic carbocycles. The molecule has 3 N–H and O–H groups in total. The van der Waals surface area contributed by atoms with Crippen molar-refractivity contribution in [2.45, 2.75) is 29.7 Å². The summed E-state index contributed by atoms with van der Waals surface area (Å²) in [5.74, 6) is -0.109. The summed E-state index contributed by atoms with van der Waals surface area (Å²) in [6.07, 6.45) is 0.559. The van der Waals surface area contributed by atoms with Crippen molar-refractivity contribution in [1.29, 1.82) is 0 Å². The lowest BCUT2D eigenvalue weighted by molar-refractivity contribution is 0.0499. The zero-order valence-corrected chi connectivity index (χ0v) is 22.4. The molecule has 0 saturated carbocycles.